The smallest absolute Gasteiger partial charge is 0.0512 e. The number of aliphatic hydroxyl groups excluding tert-OH is 1. The van der Waals surface area contributed by atoms with Gasteiger partial charge in [-0.3, -0.25) is 0 Å². The molecule has 0 aromatic carbocycles. The molecule has 1 aliphatic rings. The molecule has 0 heterocycles. The highest BCUT2D eigenvalue weighted by atomic mass is 16.3. The van der Waals surface area contributed by atoms with Crippen molar-refractivity contribution in [2.24, 2.45) is 5.92 Å². The van der Waals surface area contributed by atoms with Crippen LogP contribution in [0.3, 0.4) is 0 Å². The largest absolute Gasteiger partial charge is 0.393 e. The first kappa shape index (κ1) is 10.0. The van der Waals surface area contributed by atoms with Gasteiger partial charge in [0.1, 0.15) is 0 Å². The molecule has 1 N–H and O–H groups in total. The van der Waals surface area contributed by atoms with E-state index in [9.17, 15) is 0 Å². The molecule has 1 aliphatic carbocycles. The maximum Gasteiger partial charge on any atom is 0.0512 e. The van der Waals surface area contributed by atoms with Crippen molar-refractivity contribution >= 4 is 0 Å². The Balaban J connectivity index is 1.98. The molecule has 0 amide bonds. The van der Waals surface area contributed by atoms with E-state index in [1.54, 1.807) is 0 Å². The Morgan fingerprint density at radius 3 is 2.50 bits per heavy atom. The zero-order valence-electron chi connectivity index (χ0n) is 8.26. The quantitative estimate of drug-likeness (QED) is 0.687. The van der Waals surface area contributed by atoms with E-state index in [-0.39, 0.29) is 6.10 Å². The van der Waals surface area contributed by atoms with Gasteiger partial charge < -0.3 is 5.11 Å². The minimum atomic E-state index is -0.0893. The zero-order chi connectivity index (χ0) is 8.81. The first-order valence-electron chi connectivity index (χ1n) is 5.47. The third-order valence-corrected chi connectivity index (χ3v) is 2.96. The van der Waals surface area contributed by atoms with E-state index < -0.39 is 0 Å². The summed E-state index contributed by atoms with van der Waals surface area (Å²) in [4.78, 5) is 0. The van der Waals surface area contributed by atoms with Crippen LogP contribution in [0.1, 0.15) is 58.3 Å². The van der Waals surface area contributed by atoms with Crippen LogP contribution in [0.2, 0.25) is 0 Å². The molecular weight excluding hydrogens is 148 g/mol. The summed E-state index contributed by atoms with van der Waals surface area (Å²) < 4.78 is 0. The molecule has 0 bridgehead atoms. The van der Waals surface area contributed by atoms with Crippen LogP contribution < -0.4 is 0 Å². The molecule has 1 unspecified atom stereocenters. The standard InChI is InChI=1S/C11H22O/c1-10(12)6-5-9-11-7-3-2-4-8-11/h10-12H,2-9H2,1H3. The van der Waals surface area contributed by atoms with Crippen LogP contribution in [0.5, 0.6) is 0 Å². The summed E-state index contributed by atoms with van der Waals surface area (Å²) >= 11 is 0. The first-order valence-corrected chi connectivity index (χ1v) is 5.47. The monoisotopic (exact) mass is 170 g/mol. The second-order valence-electron chi connectivity index (χ2n) is 4.28. The Labute approximate surface area is 76.2 Å². The molecule has 1 saturated carbocycles. The summed E-state index contributed by atoms with van der Waals surface area (Å²) in [5.41, 5.74) is 0. The third-order valence-electron chi connectivity index (χ3n) is 2.96. The predicted octanol–water partition coefficient (Wildman–Crippen LogP) is 3.12. The van der Waals surface area contributed by atoms with E-state index >= 15 is 0 Å². The lowest BCUT2D eigenvalue weighted by atomic mass is 9.85. The molecule has 1 rings (SSSR count). The summed E-state index contributed by atoms with van der Waals surface area (Å²) in [6, 6.07) is 0. The van der Waals surface area contributed by atoms with Crippen molar-refractivity contribution in [3.05, 3.63) is 0 Å². The van der Waals surface area contributed by atoms with E-state index in [2.05, 4.69) is 0 Å². The Bertz CT molecular complexity index is 104. The predicted molar refractivity (Wildman–Crippen MR) is 52.1 cm³/mol. The molecule has 0 aromatic heterocycles. The molecule has 12 heavy (non-hydrogen) atoms. The van der Waals surface area contributed by atoms with Crippen molar-refractivity contribution in [2.75, 3.05) is 0 Å². The van der Waals surface area contributed by atoms with Gasteiger partial charge in [0.15, 0.2) is 0 Å². The van der Waals surface area contributed by atoms with Crippen molar-refractivity contribution in [1.29, 1.82) is 0 Å². The lowest BCUT2D eigenvalue weighted by Crippen LogP contribution is -2.07. The third kappa shape index (κ3) is 4.10. The molecule has 0 aliphatic heterocycles. The SMILES string of the molecule is CC(O)CCCC1CCCCC1. The van der Waals surface area contributed by atoms with E-state index in [1.165, 1.54) is 44.9 Å². The van der Waals surface area contributed by atoms with E-state index in [0.29, 0.717) is 0 Å². The van der Waals surface area contributed by atoms with Crippen LogP contribution in [-0.2, 0) is 0 Å². The van der Waals surface area contributed by atoms with Gasteiger partial charge in [-0.1, -0.05) is 44.9 Å². The van der Waals surface area contributed by atoms with Gasteiger partial charge in [0, 0.05) is 0 Å². The van der Waals surface area contributed by atoms with E-state index in [1.807, 2.05) is 6.92 Å². The number of rotatable bonds is 4. The highest BCUT2D eigenvalue weighted by Gasteiger charge is 2.12. The Morgan fingerprint density at radius 1 is 1.25 bits per heavy atom. The van der Waals surface area contributed by atoms with Gasteiger partial charge in [0.2, 0.25) is 0 Å². The number of hydrogen-bond donors (Lipinski definition) is 1. The fourth-order valence-corrected chi connectivity index (χ4v) is 2.18. The average Bonchev–Trinajstić information content (AvgIpc) is 2.05. The molecular formula is C11H22O. The molecule has 0 spiro atoms. The zero-order valence-corrected chi connectivity index (χ0v) is 8.26. The summed E-state index contributed by atoms with van der Waals surface area (Å²) in [5, 5.41) is 9.08. The normalized spacial score (nSPS) is 22.5. The lowest BCUT2D eigenvalue weighted by molar-refractivity contribution is 0.175. The Morgan fingerprint density at radius 2 is 1.92 bits per heavy atom. The van der Waals surface area contributed by atoms with Gasteiger partial charge in [0.05, 0.1) is 6.10 Å². The minimum Gasteiger partial charge on any atom is -0.393 e. The summed E-state index contributed by atoms with van der Waals surface area (Å²) in [6.07, 6.45) is 10.7. The highest BCUT2D eigenvalue weighted by Crippen LogP contribution is 2.27. The summed E-state index contributed by atoms with van der Waals surface area (Å²) in [7, 11) is 0. The molecule has 1 nitrogen and oxygen atoms in total. The molecule has 0 radical (unpaired) electrons. The molecule has 0 aromatic rings. The maximum absolute atomic E-state index is 9.08. The van der Waals surface area contributed by atoms with Gasteiger partial charge >= 0.3 is 0 Å². The van der Waals surface area contributed by atoms with Crippen molar-refractivity contribution < 1.29 is 5.11 Å². The first-order chi connectivity index (χ1) is 5.79. The summed E-state index contributed by atoms with van der Waals surface area (Å²) in [6.45, 7) is 1.89. The molecule has 1 fully saturated rings. The Hall–Kier alpha value is -0.0400. The fourth-order valence-electron chi connectivity index (χ4n) is 2.18. The van der Waals surface area contributed by atoms with Crippen LogP contribution in [0.15, 0.2) is 0 Å². The molecule has 1 heteroatoms. The fraction of sp³-hybridized carbons (Fsp3) is 1.00. The summed E-state index contributed by atoms with van der Waals surface area (Å²) in [5.74, 6) is 0.984. The van der Waals surface area contributed by atoms with E-state index in [0.717, 1.165) is 12.3 Å². The van der Waals surface area contributed by atoms with Gasteiger partial charge in [-0.25, -0.2) is 0 Å². The molecule has 0 saturated heterocycles. The second kappa shape index (κ2) is 5.58. The van der Waals surface area contributed by atoms with Crippen LogP contribution in [0.25, 0.3) is 0 Å². The van der Waals surface area contributed by atoms with Crippen molar-refractivity contribution in [1.82, 2.24) is 0 Å². The topological polar surface area (TPSA) is 20.2 Å². The lowest BCUT2D eigenvalue weighted by Gasteiger charge is -2.21. The van der Waals surface area contributed by atoms with Gasteiger partial charge in [0.25, 0.3) is 0 Å². The average molecular weight is 170 g/mol. The number of hydrogen-bond acceptors (Lipinski definition) is 1. The van der Waals surface area contributed by atoms with Crippen molar-refractivity contribution in [3.63, 3.8) is 0 Å². The van der Waals surface area contributed by atoms with Gasteiger partial charge in [-0.2, -0.15) is 0 Å². The highest BCUT2D eigenvalue weighted by molar-refractivity contribution is 4.66. The second-order valence-corrected chi connectivity index (χ2v) is 4.28. The van der Waals surface area contributed by atoms with Crippen molar-refractivity contribution in [3.8, 4) is 0 Å². The minimum absolute atomic E-state index is 0.0893. The Kier molecular flexibility index (Phi) is 4.67. The molecule has 1 atom stereocenters. The van der Waals surface area contributed by atoms with Crippen LogP contribution >= 0.6 is 0 Å². The van der Waals surface area contributed by atoms with Crippen LogP contribution in [0, 0.1) is 5.92 Å². The van der Waals surface area contributed by atoms with Crippen molar-refractivity contribution in [2.45, 2.75) is 64.4 Å². The van der Waals surface area contributed by atoms with Crippen LogP contribution in [-0.4, -0.2) is 11.2 Å². The maximum atomic E-state index is 9.08. The number of aliphatic hydroxyl groups is 1. The van der Waals surface area contributed by atoms with Crippen LogP contribution in [0.4, 0.5) is 0 Å². The van der Waals surface area contributed by atoms with E-state index in [4.69, 9.17) is 5.11 Å². The molecule has 72 valence electrons. The van der Waals surface area contributed by atoms with Gasteiger partial charge in [-0.15, -0.1) is 0 Å². The van der Waals surface area contributed by atoms with Gasteiger partial charge in [-0.05, 0) is 19.3 Å².